The highest BCUT2D eigenvalue weighted by Crippen LogP contribution is 2.35. The van der Waals surface area contributed by atoms with E-state index in [9.17, 15) is 9.59 Å². The van der Waals surface area contributed by atoms with Crippen molar-refractivity contribution in [3.05, 3.63) is 35.9 Å². The van der Waals surface area contributed by atoms with Gasteiger partial charge in [0.2, 0.25) is 0 Å². The van der Waals surface area contributed by atoms with E-state index in [1.165, 1.54) is 0 Å². The van der Waals surface area contributed by atoms with Gasteiger partial charge < -0.3 is 15.3 Å². The van der Waals surface area contributed by atoms with Crippen LogP contribution in [0.25, 0.3) is 0 Å². The maximum Gasteiger partial charge on any atom is 0.317 e. The van der Waals surface area contributed by atoms with E-state index in [2.05, 4.69) is 5.32 Å². The van der Waals surface area contributed by atoms with Crippen LogP contribution < -0.4 is 5.32 Å². The van der Waals surface area contributed by atoms with Gasteiger partial charge in [0.05, 0.1) is 12.0 Å². The summed E-state index contributed by atoms with van der Waals surface area (Å²) >= 11 is 0. The van der Waals surface area contributed by atoms with E-state index < -0.39 is 11.5 Å². The second-order valence-corrected chi connectivity index (χ2v) is 5.48. The quantitative estimate of drug-likeness (QED) is 0.866. The highest BCUT2D eigenvalue weighted by Gasteiger charge is 2.40. The van der Waals surface area contributed by atoms with Crippen LogP contribution in [0.2, 0.25) is 0 Å². The number of carbonyl (C=O) groups excluding carboxylic acids is 1. The Hall–Kier alpha value is -2.04. The van der Waals surface area contributed by atoms with Crippen molar-refractivity contribution in [2.75, 3.05) is 7.05 Å². The van der Waals surface area contributed by atoms with Gasteiger partial charge in [0.25, 0.3) is 0 Å². The zero-order valence-electron chi connectivity index (χ0n) is 11.6. The number of benzene rings is 1. The van der Waals surface area contributed by atoms with Crippen molar-refractivity contribution in [3.63, 3.8) is 0 Å². The number of aliphatic carboxylic acids is 1. The fourth-order valence-corrected chi connectivity index (χ4v) is 2.49. The van der Waals surface area contributed by atoms with Crippen LogP contribution in [-0.2, 0) is 11.3 Å². The zero-order chi connectivity index (χ0) is 14.6. The smallest absolute Gasteiger partial charge is 0.317 e. The van der Waals surface area contributed by atoms with Crippen molar-refractivity contribution in [2.24, 2.45) is 0 Å². The fraction of sp³-hybridized carbons (Fsp3) is 0.467. The number of nitrogens with one attached hydrogen (secondary N) is 1. The topological polar surface area (TPSA) is 69.6 Å². The van der Waals surface area contributed by atoms with Gasteiger partial charge in [0.15, 0.2) is 0 Å². The molecule has 5 nitrogen and oxygen atoms in total. The molecule has 2 amide bonds. The number of hydrogen-bond acceptors (Lipinski definition) is 2. The molecule has 0 unspecified atom stereocenters. The Kier molecular flexibility index (Phi) is 4.27. The summed E-state index contributed by atoms with van der Waals surface area (Å²) in [6.45, 7) is 0.510. The van der Waals surface area contributed by atoms with Gasteiger partial charge in [-0.25, -0.2) is 4.79 Å². The van der Waals surface area contributed by atoms with Crippen LogP contribution in [0.15, 0.2) is 30.3 Å². The van der Waals surface area contributed by atoms with Crippen LogP contribution >= 0.6 is 0 Å². The van der Waals surface area contributed by atoms with E-state index in [1.54, 1.807) is 11.9 Å². The van der Waals surface area contributed by atoms with Crippen LogP contribution in [0.4, 0.5) is 4.79 Å². The molecule has 1 saturated carbocycles. The molecular formula is C15H20N2O3. The summed E-state index contributed by atoms with van der Waals surface area (Å²) in [6, 6.07) is 9.49. The lowest BCUT2D eigenvalue weighted by Crippen LogP contribution is -2.57. The number of hydrogen-bond donors (Lipinski definition) is 2. The first-order valence-corrected chi connectivity index (χ1v) is 6.80. The van der Waals surface area contributed by atoms with E-state index >= 15 is 0 Å². The Morgan fingerprint density at radius 1 is 1.30 bits per heavy atom. The number of rotatable bonds is 5. The van der Waals surface area contributed by atoms with Gasteiger partial charge in [-0.1, -0.05) is 30.3 Å². The molecule has 0 heterocycles. The molecule has 0 saturated heterocycles. The third kappa shape index (κ3) is 3.50. The van der Waals surface area contributed by atoms with Crippen molar-refractivity contribution in [3.8, 4) is 0 Å². The normalized spacial score (nSPS) is 16.1. The van der Waals surface area contributed by atoms with Crippen molar-refractivity contribution in [1.29, 1.82) is 0 Å². The van der Waals surface area contributed by atoms with Crippen LogP contribution in [-0.4, -0.2) is 34.6 Å². The average Bonchev–Trinajstić information content (AvgIpc) is 2.36. The number of urea groups is 1. The third-order valence-corrected chi connectivity index (χ3v) is 3.78. The van der Waals surface area contributed by atoms with E-state index in [0.717, 1.165) is 24.8 Å². The Morgan fingerprint density at radius 3 is 2.45 bits per heavy atom. The SMILES string of the molecule is CN(Cc1ccccc1)C(=O)NC1(CC(=O)O)CCC1. The molecule has 0 bridgehead atoms. The fourth-order valence-electron chi connectivity index (χ4n) is 2.49. The minimum absolute atomic E-state index is 0.00207. The number of nitrogens with zero attached hydrogens (tertiary/aromatic N) is 1. The molecule has 0 aromatic heterocycles. The molecule has 1 aliphatic rings. The molecule has 1 fully saturated rings. The lowest BCUT2D eigenvalue weighted by Gasteiger charge is -2.42. The second-order valence-electron chi connectivity index (χ2n) is 5.48. The minimum atomic E-state index is -0.865. The Bertz CT molecular complexity index is 483. The summed E-state index contributed by atoms with van der Waals surface area (Å²) in [4.78, 5) is 24.6. The molecule has 0 aliphatic heterocycles. The molecule has 0 radical (unpaired) electrons. The van der Waals surface area contributed by atoms with E-state index in [4.69, 9.17) is 5.11 Å². The van der Waals surface area contributed by atoms with Crippen molar-refractivity contribution < 1.29 is 14.7 Å². The van der Waals surface area contributed by atoms with Gasteiger partial charge in [0.1, 0.15) is 0 Å². The lowest BCUT2D eigenvalue weighted by molar-refractivity contribution is -0.139. The molecule has 108 valence electrons. The number of carboxylic acid groups (broad SMARTS) is 1. The van der Waals surface area contributed by atoms with Crippen LogP contribution in [0, 0.1) is 0 Å². The van der Waals surface area contributed by atoms with Gasteiger partial charge >= 0.3 is 12.0 Å². The summed E-state index contributed by atoms with van der Waals surface area (Å²) in [5.74, 6) is -0.865. The summed E-state index contributed by atoms with van der Waals surface area (Å²) in [5.41, 5.74) is 0.500. The average molecular weight is 276 g/mol. The monoisotopic (exact) mass is 276 g/mol. The largest absolute Gasteiger partial charge is 0.481 e. The number of amides is 2. The summed E-state index contributed by atoms with van der Waals surface area (Å²) in [6.07, 6.45) is 2.45. The molecule has 0 atom stereocenters. The van der Waals surface area contributed by atoms with Crippen LogP contribution in [0.1, 0.15) is 31.2 Å². The Morgan fingerprint density at radius 2 is 1.95 bits per heavy atom. The van der Waals surface area contributed by atoms with E-state index in [0.29, 0.717) is 6.54 Å². The van der Waals surface area contributed by atoms with E-state index in [-0.39, 0.29) is 12.5 Å². The molecule has 1 aromatic rings. The Labute approximate surface area is 118 Å². The van der Waals surface area contributed by atoms with Crippen molar-refractivity contribution in [1.82, 2.24) is 10.2 Å². The minimum Gasteiger partial charge on any atom is -0.481 e. The highest BCUT2D eigenvalue weighted by atomic mass is 16.4. The second kappa shape index (κ2) is 5.94. The summed E-state index contributed by atoms with van der Waals surface area (Å²) in [7, 11) is 1.72. The molecule has 2 N–H and O–H groups in total. The number of carbonyl (C=O) groups is 2. The van der Waals surface area contributed by atoms with Gasteiger partial charge in [-0.05, 0) is 24.8 Å². The molecule has 5 heteroatoms. The van der Waals surface area contributed by atoms with E-state index in [1.807, 2.05) is 30.3 Å². The first-order chi connectivity index (χ1) is 9.51. The first-order valence-electron chi connectivity index (χ1n) is 6.80. The first kappa shape index (κ1) is 14.4. The lowest BCUT2D eigenvalue weighted by atomic mass is 9.74. The van der Waals surface area contributed by atoms with Crippen molar-refractivity contribution in [2.45, 2.75) is 37.8 Å². The Balaban J connectivity index is 1.92. The predicted molar refractivity (Wildman–Crippen MR) is 75.3 cm³/mol. The molecule has 1 aliphatic carbocycles. The van der Waals surface area contributed by atoms with Crippen LogP contribution in [0.5, 0.6) is 0 Å². The maximum atomic E-state index is 12.2. The van der Waals surface area contributed by atoms with Crippen LogP contribution in [0.3, 0.4) is 0 Å². The molecule has 0 spiro atoms. The molecule has 20 heavy (non-hydrogen) atoms. The third-order valence-electron chi connectivity index (χ3n) is 3.78. The maximum absolute atomic E-state index is 12.2. The summed E-state index contributed by atoms with van der Waals surface area (Å²) < 4.78 is 0. The number of carboxylic acids is 1. The predicted octanol–water partition coefficient (Wildman–Crippen LogP) is 2.23. The highest BCUT2D eigenvalue weighted by molar-refractivity contribution is 5.77. The van der Waals surface area contributed by atoms with Crippen molar-refractivity contribution >= 4 is 12.0 Å². The standard InChI is InChI=1S/C15H20N2O3/c1-17(11-12-6-3-2-4-7-12)14(20)16-15(8-5-9-15)10-13(18)19/h2-4,6-7H,5,8-11H2,1H3,(H,16,20)(H,18,19). The zero-order valence-corrected chi connectivity index (χ0v) is 11.6. The molecular weight excluding hydrogens is 256 g/mol. The summed E-state index contributed by atoms with van der Waals surface area (Å²) in [5, 5.41) is 11.8. The van der Waals surface area contributed by atoms with Gasteiger partial charge in [-0.3, -0.25) is 4.79 Å². The molecule has 2 rings (SSSR count). The molecule has 1 aromatic carbocycles. The van der Waals surface area contributed by atoms with Gasteiger partial charge in [-0.15, -0.1) is 0 Å². The van der Waals surface area contributed by atoms with Gasteiger partial charge in [0, 0.05) is 13.6 Å². The van der Waals surface area contributed by atoms with Gasteiger partial charge in [-0.2, -0.15) is 0 Å².